The van der Waals surface area contributed by atoms with Gasteiger partial charge in [-0.1, -0.05) is 31.5 Å². The van der Waals surface area contributed by atoms with E-state index in [1.165, 1.54) is 16.8 Å². The van der Waals surface area contributed by atoms with Gasteiger partial charge >= 0.3 is 11.9 Å². The maximum absolute atomic E-state index is 12.5. The van der Waals surface area contributed by atoms with Gasteiger partial charge in [-0.15, -0.1) is 0 Å². The Bertz CT molecular complexity index is 1690. The van der Waals surface area contributed by atoms with Crippen LogP contribution in [0.25, 0.3) is 17.0 Å². The van der Waals surface area contributed by atoms with Crippen LogP contribution < -0.4 is 10.5 Å². The monoisotopic (exact) mass is 538 g/mol. The number of hydrogen-bond donors (Lipinski definition) is 2. The first-order chi connectivity index (χ1) is 19.3. The number of nitriles is 1. The van der Waals surface area contributed by atoms with Gasteiger partial charge in [-0.25, -0.2) is 14.3 Å². The van der Waals surface area contributed by atoms with Crippen molar-refractivity contribution in [1.82, 2.24) is 9.78 Å². The molecule has 0 saturated carbocycles. The molecule has 1 aliphatic heterocycles. The maximum atomic E-state index is 12.5. The van der Waals surface area contributed by atoms with Crippen molar-refractivity contribution in [3.63, 3.8) is 0 Å². The molecule has 1 aliphatic rings. The van der Waals surface area contributed by atoms with Crippen LogP contribution in [0, 0.1) is 18.3 Å². The first kappa shape index (κ1) is 26.3. The molecule has 3 heterocycles. The molecule has 0 aliphatic carbocycles. The van der Waals surface area contributed by atoms with Crippen molar-refractivity contribution >= 4 is 11.9 Å². The average molecular weight is 539 g/mol. The van der Waals surface area contributed by atoms with Crippen LogP contribution in [-0.2, 0) is 4.74 Å². The molecule has 0 fully saturated rings. The molecular weight excluding hydrogens is 512 g/mol. The van der Waals surface area contributed by atoms with Gasteiger partial charge in [0.05, 0.1) is 40.6 Å². The number of aromatic carboxylic acids is 1. The molecule has 10 heteroatoms. The molecule has 2 aromatic carbocycles. The Hall–Kier alpha value is -5.30. The van der Waals surface area contributed by atoms with Crippen molar-refractivity contribution in [2.75, 3.05) is 6.61 Å². The normalized spacial score (nSPS) is 14.3. The molecule has 0 spiro atoms. The molecule has 202 valence electrons. The highest BCUT2D eigenvalue weighted by molar-refractivity contribution is 5.91. The molecule has 2 aromatic heterocycles. The van der Waals surface area contributed by atoms with Crippen LogP contribution in [0.5, 0.6) is 5.88 Å². The molecular formula is C30H26N4O6. The third kappa shape index (κ3) is 4.80. The fraction of sp³-hybridized carbons (Fsp3) is 0.200. The van der Waals surface area contributed by atoms with Crippen molar-refractivity contribution in [3.8, 4) is 29.0 Å². The van der Waals surface area contributed by atoms with E-state index in [1.54, 1.807) is 49.4 Å². The second-order valence-corrected chi connectivity index (χ2v) is 9.27. The van der Waals surface area contributed by atoms with E-state index < -0.39 is 17.9 Å². The highest BCUT2D eigenvalue weighted by Gasteiger charge is 2.38. The number of hydrogen-bond acceptors (Lipinski definition) is 8. The van der Waals surface area contributed by atoms with E-state index in [0.717, 1.165) is 12.8 Å². The lowest BCUT2D eigenvalue weighted by Crippen LogP contribution is -2.21. The Labute approximate surface area is 229 Å². The lowest BCUT2D eigenvalue weighted by atomic mass is 9.88. The molecule has 3 N–H and O–H groups in total. The smallest absolute Gasteiger partial charge is 0.338 e. The first-order valence-electron chi connectivity index (χ1n) is 12.7. The lowest BCUT2D eigenvalue weighted by Gasteiger charge is -2.23. The van der Waals surface area contributed by atoms with Gasteiger partial charge < -0.3 is 24.7 Å². The Kier molecular flexibility index (Phi) is 7.12. The zero-order chi connectivity index (χ0) is 28.4. The van der Waals surface area contributed by atoms with Gasteiger partial charge in [0.1, 0.15) is 23.2 Å². The summed E-state index contributed by atoms with van der Waals surface area (Å²) in [5.74, 6) is -1.14. The fourth-order valence-electron chi connectivity index (χ4n) is 4.60. The number of nitrogens with zero attached hydrogens (tertiary/aromatic N) is 3. The van der Waals surface area contributed by atoms with E-state index in [-0.39, 0.29) is 22.9 Å². The number of esters is 1. The molecule has 0 unspecified atom stereocenters. The number of carboxylic acids is 1. The summed E-state index contributed by atoms with van der Waals surface area (Å²) in [6.45, 7) is 4.14. The quantitative estimate of drug-likeness (QED) is 0.224. The van der Waals surface area contributed by atoms with Crippen LogP contribution in [0.3, 0.4) is 0 Å². The summed E-state index contributed by atoms with van der Waals surface area (Å²) < 4.78 is 18.9. The number of rotatable bonds is 8. The Morgan fingerprint density at radius 3 is 2.67 bits per heavy atom. The number of nitrogens with two attached hydrogens (primary N) is 1. The second kappa shape index (κ2) is 10.8. The molecule has 0 radical (unpaired) electrons. The van der Waals surface area contributed by atoms with Gasteiger partial charge in [0.25, 0.3) is 0 Å². The zero-order valence-electron chi connectivity index (χ0n) is 21.9. The lowest BCUT2D eigenvalue weighted by molar-refractivity contribution is 0.0499. The number of aromatic nitrogens is 2. The minimum Gasteiger partial charge on any atom is -0.478 e. The molecule has 1 atom stereocenters. The van der Waals surface area contributed by atoms with Crippen molar-refractivity contribution in [1.29, 1.82) is 5.26 Å². The second-order valence-electron chi connectivity index (χ2n) is 9.27. The molecule has 5 rings (SSSR count). The molecule has 40 heavy (non-hydrogen) atoms. The number of unbranched alkanes of at least 4 members (excludes halogenated alkanes) is 1. The summed E-state index contributed by atoms with van der Waals surface area (Å²) in [6, 6.07) is 18.8. The number of carbonyl (C=O) groups is 2. The average Bonchev–Trinajstić information content (AvgIpc) is 3.57. The van der Waals surface area contributed by atoms with E-state index in [1.807, 2.05) is 13.0 Å². The van der Waals surface area contributed by atoms with E-state index in [9.17, 15) is 20.0 Å². The van der Waals surface area contributed by atoms with Gasteiger partial charge in [0, 0.05) is 5.56 Å². The number of benzene rings is 2. The fourth-order valence-corrected chi connectivity index (χ4v) is 4.60. The Balaban J connectivity index is 1.54. The van der Waals surface area contributed by atoms with Gasteiger partial charge in [-0.05, 0) is 55.8 Å². The SMILES string of the molecule is CCCCOC(=O)c1cccc(-c2ccc([C@H]3C(C#N)=C(N)Oc4c3c(C)nn4-c3cccc(C(=O)O)c3)o2)c1. The van der Waals surface area contributed by atoms with Gasteiger partial charge in [0.15, 0.2) is 0 Å². The number of ether oxygens (including phenoxy) is 2. The van der Waals surface area contributed by atoms with Crippen LogP contribution in [0.4, 0.5) is 0 Å². The molecule has 0 bridgehead atoms. The zero-order valence-corrected chi connectivity index (χ0v) is 21.9. The molecule has 0 saturated heterocycles. The van der Waals surface area contributed by atoms with Crippen molar-refractivity contribution in [2.45, 2.75) is 32.6 Å². The predicted molar refractivity (Wildman–Crippen MR) is 144 cm³/mol. The summed E-state index contributed by atoms with van der Waals surface area (Å²) in [6.07, 6.45) is 1.71. The summed E-state index contributed by atoms with van der Waals surface area (Å²) in [4.78, 5) is 24.0. The molecule has 4 aromatic rings. The third-order valence-electron chi connectivity index (χ3n) is 6.60. The van der Waals surface area contributed by atoms with Crippen LogP contribution in [0.2, 0.25) is 0 Å². The standard InChI is InChI=1S/C30H26N4O6/c1-3-4-13-38-30(37)20-9-5-7-18(14-20)23-11-12-24(39-23)26-22(16-31)27(32)40-28-25(26)17(2)33-34(28)21-10-6-8-19(15-21)29(35)36/h5-12,14-15,26H,3-4,13,32H2,1-2H3,(H,35,36)/t26-/m1/s1. The number of fused-ring (bicyclic) bond motifs is 1. The van der Waals surface area contributed by atoms with Crippen LogP contribution in [0.15, 0.2) is 76.5 Å². The maximum Gasteiger partial charge on any atom is 0.338 e. The minimum absolute atomic E-state index is 0.0835. The summed E-state index contributed by atoms with van der Waals surface area (Å²) in [5.41, 5.74) is 9.08. The summed E-state index contributed by atoms with van der Waals surface area (Å²) >= 11 is 0. The van der Waals surface area contributed by atoms with Gasteiger partial charge in [0.2, 0.25) is 11.8 Å². The number of carboxylic acid groups (broad SMARTS) is 1. The topological polar surface area (TPSA) is 154 Å². The van der Waals surface area contributed by atoms with E-state index in [0.29, 0.717) is 46.2 Å². The van der Waals surface area contributed by atoms with E-state index in [4.69, 9.17) is 19.6 Å². The number of carbonyl (C=O) groups excluding carboxylic acids is 1. The Morgan fingerprint density at radius 1 is 1.15 bits per heavy atom. The third-order valence-corrected chi connectivity index (χ3v) is 6.60. The van der Waals surface area contributed by atoms with Gasteiger partial charge in [-0.3, -0.25) is 0 Å². The minimum atomic E-state index is -1.08. The summed E-state index contributed by atoms with van der Waals surface area (Å²) in [7, 11) is 0. The Morgan fingerprint density at radius 2 is 1.93 bits per heavy atom. The largest absolute Gasteiger partial charge is 0.478 e. The highest BCUT2D eigenvalue weighted by atomic mass is 16.5. The summed E-state index contributed by atoms with van der Waals surface area (Å²) in [5, 5.41) is 24.0. The number of aryl methyl sites for hydroxylation is 1. The van der Waals surface area contributed by atoms with E-state index >= 15 is 0 Å². The van der Waals surface area contributed by atoms with Crippen molar-refractivity contribution in [3.05, 3.63) is 100 Å². The van der Waals surface area contributed by atoms with Crippen LogP contribution in [-0.4, -0.2) is 33.4 Å². The highest BCUT2D eigenvalue weighted by Crippen LogP contribution is 2.45. The van der Waals surface area contributed by atoms with Crippen LogP contribution >= 0.6 is 0 Å². The first-order valence-corrected chi connectivity index (χ1v) is 12.7. The van der Waals surface area contributed by atoms with Crippen LogP contribution in [0.1, 0.15) is 63.4 Å². The predicted octanol–water partition coefficient (Wildman–Crippen LogP) is 5.31. The number of furan rings is 1. The van der Waals surface area contributed by atoms with Crippen molar-refractivity contribution < 1.29 is 28.6 Å². The number of allylic oxidation sites excluding steroid dienone is 1. The van der Waals surface area contributed by atoms with Crippen molar-refractivity contribution in [2.24, 2.45) is 5.73 Å². The molecule has 0 amide bonds. The molecule has 10 nitrogen and oxygen atoms in total. The van der Waals surface area contributed by atoms with Gasteiger partial charge in [-0.2, -0.15) is 10.4 Å². The van der Waals surface area contributed by atoms with E-state index in [2.05, 4.69) is 11.2 Å².